The summed E-state index contributed by atoms with van der Waals surface area (Å²) in [4.78, 5) is 16.9. The maximum Gasteiger partial charge on any atom is 0.264 e. The van der Waals surface area contributed by atoms with E-state index in [1.807, 2.05) is 23.6 Å². The molecule has 1 heterocycles. The first kappa shape index (κ1) is 21.9. The smallest absolute Gasteiger partial charge is 0.264 e. The predicted octanol–water partition coefficient (Wildman–Crippen LogP) is 7.56. The summed E-state index contributed by atoms with van der Waals surface area (Å²) >= 11 is 20.1. The zero-order chi connectivity index (χ0) is 22.1. The lowest BCUT2D eigenvalue weighted by Gasteiger charge is -2.15. The molecule has 0 saturated heterocycles. The highest BCUT2D eigenvalue weighted by atomic mass is 35.5. The number of aromatic nitrogens is 1. The molecule has 0 unspecified atom stereocenters. The Bertz CT molecular complexity index is 1270. The summed E-state index contributed by atoms with van der Waals surface area (Å²) in [6, 6.07) is 14.3. The van der Waals surface area contributed by atoms with E-state index in [4.69, 9.17) is 39.5 Å². The zero-order valence-corrected chi connectivity index (χ0v) is 19.7. The summed E-state index contributed by atoms with van der Waals surface area (Å²) < 4.78 is 5.60. The summed E-state index contributed by atoms with van der Waals surface area (Å²) in [6.45, 7) is 3.28. The van der Waals surface area contributed by atoms with E-state index in [1.165, 1.54) is 11.3 Å². The number of hydrogen-bond donors (Lipinski definition) is 1. The van der Waals surface area contributed by atoms with Crippen molar-refractivity contribution in [3.63, 3.8) is 0 Å². The number of nitrogens with zero attached hydrogens (tertiary/aromatic N) is 1. The van der Waals surface area contributed by atoms with E-state index in [2.05, 4.69) is 34.6 Å². The van der Waals surface area contributed by atoms with Crippen molar-refractivity contribution in [2.45, 2.75) is 13.8 Å². The average molecular weight is 492 g/mol. The molecule has 0 spiro atoms. The maximum atomic E-state index is 12.4. The molecule has 0 radical (unpaired) electrons. The van der Waals surface area contributed by atoms with Gasteiger partial charge in [-0.25, -0.2) is 4.98 Å². The minimum Gasteiger partial charge on any atom is -0.481 e. The van der Waals surface area contributed by atoms with Crippen LogP contribution in [0.1, 0.15) is 11.1 Å². The molecule has 3 aromatic carbocycles. The van der Waals surface area contributed by atoms with Gasteiger partial charge < -0.3 is 4.74 Å². The third kappa shape index (κ3) is 4.51. The minimum atomic E-state index is -0.364. The van der Waals surface area contributed by atoms with E-state index in [0.717, 1.165) is 22.0 Å². The zero-order valence-electron chi connectivity index (χ0n) is 16.6. The van der Waals surface area contributed by atoms with Crippen molar-refractivity contribution in [3.05, 3.63) is 74.0 Å². The van der Waals surface area contributed by atoms with Crippen molar-refractivity contribution in [3.8, 4) is 17.0 Å². The highest BCUT2D eigenvalue weighted by Gasteiger charge is 2.19. The lowest BCUT2D eigenvalue weighted by molar-refractivity contribution is -0.118. The number of rotatable bonds is 5. The number of ether oxygens (including phenoxy) is 1. The summed E-state index contributed by atoms with van der Waals surface area (Å²) in [5.41, 5.74) is 3.08. The first-order valence-corrected chi connectivity index (χ1v) is 11.4. The Morgan fingerprint density at radius 1 is 1.00 bits per heavy atom. The summed E-state index contributed by atoms with van der Waals surface area (Å²) in [5, 5.41) is 8.50. The van der Waals surface area contributed by atoms with E-state index in [0.29, 0.717) is 31.3 Å². The van der Waals surface area contributed by atoms with Gasteiger partial charge in [0, 0.05) is 16.0 Å². The number of carbonyl (C=O) groups excluding carboxylic acids is 1. The molecule has 4 nitrogen and oxygen atoms in total. The summed E-state index contributed by atoms with van der Waals surface area (Å²) in [6.07, 6.45) is 0. The van der Waals surface area contributed by atoms with Crippen LogP contribution < -0.4 is 10.1 Å². The summed E-state index contributed by atoms with van der Waals surface area (Å²) in [5.74, 6) is -0.120. The second-order valence-corrected chi connectivity index (χ2v) is 8.95. The van der Waals surface area contributed by atoms with Crippen LogP contribution in [0.2, 0.25) is 15.1 Å². The highest BCUT2D eigenvalue weighted by Crippen LogP contribution is 2.42. The van der Waals surface area contributed by atoms with Crippen LogP contribution in [-0.4, -0.2) is 17.5 Å². The molecular formula is C23H17Cl3N2O2S. The van der Waals surface area contributed by atoms with Gasteiger partial charge in [-0.1, -0.05) is 71.2 Å². The van der Waals surface area contributed by atoms with Gasteiger partial charge in [-0.2, -0.15) is 0 Å². The molecule has 4 rings (SSSR count). The molecule has 31 heavy (non-hydrogen) atoms. The van der Waals surface area contributed by atoms with Crippen molar-refractivity contribution in [2.75, 3.05) is 11.9 Å². The summed E-state index contributed by atoms with van der Waals surface area (Å²) in [7, 11) is 0. The van der Waals surface area contributed by atoms with E-state index < -0.39 is 0 Å². The molecule has 8 heteroatoms. The number of halogens is 3. The third-order valence-corrected chi connectivity index (χ3v) is 7.09. The van der Waals surface area contributed by atoms with Crippen molar-refractivity contribution >= 4 is 68.0 Å². The van der Waals surface area contributed by atoms with Crippen LogP contribution in [0.25, 0.3) is 22.0 Å². The topological polar surface area (TPSA) is 51.2 Å². The molecule has 4 aromatic rings. The van der Waals surface area contributed by atoms with Gasteiger partial charge in [0.1, 0.15) is 0 Å². The fourth-order valence-electron chi connectivity index (χ4n) is 3.14. The molecule has 0 bridgehead atoms. The van der Waals surface area contributed by atoms with Crippen LogP contribution in [0.15, 0.2) is 47.8 Å². The van der Waals surface area contributed by atoms with Gasteiger partial charge in [-0.3, -0.25) is 10.1 Å². The van der Waals surface area contributed by atoms with Crippen LogP contribution in [0, 0.1) is 13.8 Å². The lowest BCUT2D eigenvalue weighted by atomic mass is 10.1. The minimum absolute atomic E-state index is 0.244. The van der Waals surface area contributed by atoms with Crippen LogP contribution >= 0.6 is 46.1 Å². The van der Waals surface area contributed by atoms with Gasteiger partial charge in [-0.15, -0.1) is 11.3 Å². The number of benzene rings is 3. The van der Waals surface area contributed by atoms with Crippen LogP contribution in [0.5, 0.6) is 5.75 Å². The molecule has 0 aliphatic carbocycles. The monoisotopic (exact) mass is 490 g/mol. The third-order valence-electron chi connectivity index (χ3n) is 4.86. The number of nitrogens with one attached hydrogen (secondary N) is 1. The van der Waals surface area contributed by atoms with Crippen molar-refractivity contribution in [1.82, 2.24) is 4.98 Å². The number of anilines is 1. The number of thiazole rings is 1. The molecule has 0 atom stereocenters. The Balaban J connectivity index is 1.45. The Labute approximate surface area is 198 Å². The van der Waals surface area contributed by atoms with E-state index in [9.17, 15) is 4.79 Å². The van der Waals surface area contributed by atoms with Crippen molar-refractivity contribution < 1.29 is 9.53 Å². The molecular weight excluding hydrogens is 475 g/mol. The Morgan fingerprint density at radius 3 is 2.39 bits per heavy atom. The van der Waals surface area contributed by atoms with Crippen molar-refractivity contribution in [1.29, 1.82) is 0 Å². The van der Waals surface area contributed by atoms with Gasteiger partial charge in [0.25, 0.3) is 5.91 Å². The molecule has 1 aromatic heterocycles. The van der Waals surface area contributed by atoms with E-state index in [1.54, 1.807) is 13.8 Å². The van der Waals surface area contributed by atoms with Gasteiger partial charge in [0.05, 0.1) is 15.7 Å². The van der Waals surface area contributed by atoms with Crippen LogP contribution in [-0.2, 0) is 4.79 Å². The standard InChI is InChI=1S/C23H17Cl3N2O2S/c1-12-19(24)13(2)21(26)22(20(12)25)30-10-18(29)28-23-27-17(11-31-23)16-8-7-14-5-3-4-6-15(14)9-16/h3-9,11H,10H2,1-2H3,(H,27,28,29). The first-order valence-electron chi connectivity index (χ1n) is 9.36. The SMILES string of the molecule is Cc1c(Cl)c(C)c(Cl)c(OCC(=O)Nc2nc(-c3ccc4ccccc4c3)cs2)c1Cl. The van der Waals surface area contributed by atoms with Gasteiger partial charge in [0.15, 0.2) is 17.5 Å². The van der Waals surface area contributed by atoms with Gasteiger partial charge >= 0.3 is 0 Å². The molecule has 158 valence electrons. The maximum absolute atomic E-state index is 12.4. The fourth-order valence-corrected chi connectivity index (χ4v) is 4.70. The molecule has 0 aliphatic rings. The predicted molar refractivity (Wildman–Crippen MR) is 130 cm³/mol. The molecule has 0 fully saturated rings. The lowest BCUT2D eigenvalue weighted by Crippen LogP contribution is -2.20. The van der Waals surface area contributed by atoms with Crippen molar-refractivity contribution in [2.24, 2.45) is 0 Å². The quantitative estimate of drug-likeness (QED) is 0.313. The molecule has 0 saturated carbocycles. The van der Waals surface area contributed by atoms with E-state index >= 15 is 0 Å². The normalized spacial score (nSPS) is 11.0. The Kier molecular flexibility index (Phi) is 6.39. The Morgan fingerprint density at radius 2 is 1.68 bits per heavy atom. The highest BCUT2D eigenvalue weighted by molar-refractivity contribution is 7.14. The fraction of sp³-hybridized carbons (Fsp3) is 0.130. The molecule has 0 aliphatic heterocycles. The van der Waals surface area contributed by atoms with Crippen LogP contribution in [0.3, 0.4) is 0 Å². The van der Waals surface area contributed by atoms with Gasteiger partial charge in [-0.05, 0) is 41.8 Å². The number of amides is 1. The average Bonchev–Trinajstić information content (AvgIpc) is 3.24. The number of fused-ring (bicyclic) bond motifs is 1. The molecule has 1 amide bonds. The second kappa shape index (κ2) is 9.05. The second-order valence-electron chi connectivity index (χ2n) is 6.96. The first-order chi connectivity index (χ1) is 14.8. The largest absolute Gasteiger partial charge is 0.481 e. The number of hydrogen-bond acceptors (Lipinski definition) is 4. The molecule has 1 N–H and O–H groups in total. The van der Waals surface area contributed by atoms with Crippen LogP contribution in [0.4, 0.5) is 5.13 Å². The Hall–Kier alpha value is -2.31. The number of carbonyl (C=O) groups is 1. The van der Waals surface area contributed by atoms with Gasteiger partial charge in [0.2, 0.25) is 0 Å². The van der Waals surface area contributed by atoms with E-state index in [-0.39, 0.29) is 18.3 Å².